The van der Waals surface area contributed by atoms with Crippen LogP contribution in [0.2, 0.25) is 5.02 Å². The first-order valence-corrected chi connectivity index (χ1v) is 8.93. The van der Waals surface area contributed by atoms with E-state index in [9.17, 15) is 4.79 Å². The zero-order valence-corrected chi connectivity index (χ0v) is 15.3. The average Bonchev–Trinajstić information content (AvgIpc) is 2.51. The lowest BCUT2D eigenvalue weighted by Gasteiger charge is -2.43. The predicted octanol–water partition coefficient (Wildman–Crippen LogP) is 3.41. The molecule has 3 N–H and O–H groups in total. The standard InChI is InChI=1S/C18H25ClN2O2.ClH/c19-15-5-2-6-16(11-15)23-8-7-21-18(22)14-9-12-3-1-4-13(10-14)17(12)20;/h2,5-6,11-14,17H,1,3-4,7-10,20H2,(H,21,22);1H. The Labute approximate surface area is 154 Å². The van der Waals surface area contributed by atoms with Crippen molar-refractivity contribution in [2.75, 3.05) is 13.2 Å². The summed E-state index contributed by atoms with van der Waals surface area (Å²) in [7, 11) is 0. The molecule has 0 radical (unpaired) electrons. The summed E-state index contributed by atoms with van der Waals surface area (Å²) in [4.78, 5) is 12.4. The molecule has 6 heteroatoms. The van der Waals surface area contributed by atoms with E-state index >= 15 is 0 Å². The number of carbonyl (C=O) groups excluding carboxylic acids is 1. The molecular formula is C18H26Cl2N2O2. The van der Waals surface area contributed by atoms with E-state index in [1.165, 1.54) is 19.3 Å². The summed E-state index contributed by atoms with van der Waals surface area (Å²) in [6, 6.07) is 7.59. The maximum atomic E-state index is 12.4. The van der Waals surface area contributed by atoms with E-state index in [-0.39, 0.29) is 24.2 Å². The lowest BCUT2D eigenvalue weighted by molar-refractivity contribution is -0.128. The zero-order chi connectivity index (χ0) is 16.2. The number of benzene rings is 1. The third-order valence-corrected chi connectivity index (χ3v) is 5.49. The topological polar surface area (TPSA) is 64.4 Å². The minimum absolute atomic E-state index is 0. The monoisotopic (exact) mass is 372 g/mol. The van der Waals surface area contributed by atoms with E-state index < -0.39 is 0 Å². The molecule has 1 amide bonds. The molecule has 134 valence electrons. The van der Waals surface area contributed by atoms with Crippen LogP contribution in [-0.4, -0.2) is 25.1 Å². The first-order valence-electron chi connectivity index (χ1n) is 8.55. The number of carbonyl (C=O) groups is 1. The first-order chi connectivity index (χ1) is 11.1. The molecule has 2 bridgehead atoms. The second-order valence-electron chi connectivity index (χ2n) is 6.79. The molecule has 24 heavy (non-hydrogen) atoms. The van der Waals surface area contributed by atoms with Gasteiger partial charge in [0, 0.05) is 17.0 Å². The Bertz CT molecular complexity index is 542. The SMILES string of the molecule is Cl.NC1C2CCCC1CC(C(=O)NCCOc1cccc(Cl)c1)C2. The van der Waals surface area contributed by atoms with E-state index in [0.29, 0.717) is 36.1 Å². The number of hydrogen-bond acceptors (Lipinski definition) is 3. The van der Waals surface area contributed by atoms with Gasteiger partial charge in [-0.2, -0.15) is 0 Å². The van der Waals surface area contributed by atoms with Crippen molar-refractivity contribution in [1.82, 2.24) is 5.32 Å². The van der Waals surface area contributed by atoms with Crippen molar-refractivity contribution >= 4 is 29.9 Å². The number of rotatable bonds is 5. The normalized spacial score (nSPS) is 28.6. The Morgan fingerprint density at radius 2 is 2.00 bits per heavy atom. The van der Waals surface area contributed by atoms with Crippen molar-refractivity contribution in [1.29, 1.82) is 0 Å². The highest BCUT2D eigenvalue weighted by molar-refractivity contribution is 6.30. The molecule has 2 aliphatic carbocycles. The van der Waals surface area contributed by atoms with Crippen LogP contribution >= 0.6 is 24.0 Å². The van der Waals surface area contributed by atoms with E-state index in [0.717, 1.165) is 18.6 Å². The molecule has 1 aromatic rings. The molecule has 4 nitrogen and oxygen atoms in total. The van der Waals surface area contributed by atoms with E-state index in [1.807, 2.05) is 12.1 Å². The molecule has 2 saturated carbocycles. The quantitative estimate of drug-likeness (QED) is 0.778. The lowest BCUT2D eigenvalue weighted by Crippen LogP contribution is -2.49. The van der Waals surface area contributed by atoms with Gasteiger partial charge in [-0.05, 0) is 55.7 Å². The summed E-state index contributed by atoms with van der Waals surface area (Å²) in [6.45, 7) is 0.967. The van der Waals surface area contributed by atoms with Crippen molar-refractivity contribution in [3.05, 3.63) is 29.3 Å². The third-order valence-electron chi connectivity index (χ3n) is 5.25. The minimum Gasteiger partial charge on any atom is -0.492 e. The van der Waals surface area contributed by atoms with Gasteiger partial charge in [0.2, 0.25) is 5.91 Å². The van der Waals surface area contributed by atoms with Gasteiger partial charge >= 0.3 is 0 Å². The highest BCUT2D eigenvalue weighted by atomic mass is 35.5. The van der Waals surface area contributed by atoms with Crippen LogP contribution < -0.4 is 15.8 Å². The number of fused-ring (bicyclic) bond motifs is 2. The van der Waals surface area contributed by atoms with Crippen molar-refractivity contribution in [3.63, 3.8) is 0 Å². The van der Waals surface area contributed by atoms with Gasteiger partial charge in [0.05, 0.1) is 6.54 Å². The third kappa shape index (κ3) is 4.78. The molecular weight excluding hydrogens is 347 g/mol. The Balaban J connectivity index is 0.00000208. The van der Waals surface area contributed by atoms with Gasteiger partial charge in [-0.3, -0.25) is 4.79 Å². The van der Waals surface area contributed by atoms with E-state index in [4.69, 9.17) is 22.1 Å². The maximum Gasteiger partial charge on any atom is 0.223 e. The highest BCUT2D eigenvalue weighted by Crippen LogP contribution is 2.41. The fraction of sp³-hybridized carbons (Fsp3) is 0.611. The van der Waals surface area contributed by atoms with Crippen LogP contribution in [0, 0.1) is 17.8 Å². The summed E-state index contributed by atoms with van der Waals surface area (Å²) in [6.07, 6.45) is 5.51. The van der Waals surface area contributed by atoms with Crippen molar-refractivity contribution < 1.29 is 9.53 Å². The summed E-state index contributed by atoms with van der Waals surface area (Å²) >= 11 is 5.91. The van der Waals surface area contributed by atoms with Crippen molar-refractivity contribution in [3.8, 4) is 5.75 Å². The van der Waals surface area contributed by atoms with Crippen LogP contribution in [0.15, 0.2) is 24.3 Å². The van der Waals surface area contributed by atoms with Crippen molar-refractivity contribution in [2.45, 2.75) is 38.1 Å². The number of hydrogen-bond donors (Lipinski definition) is 2. The van der Waals surface area contributed by atoms with E-state index in [1.54, 1.807) is 12.1 Å². The van der Waals surface area contributed by atoms with Crippen LogP contribution in [0.1, 0.15) is 32.1 Å². The molecule has 2 unspecified atom stereocenters. The Morgan fingerprint density at radius 1 is 1.29 bits per heavy atom. The van der Waals surface area contributed by atoms with Gasteiger partial charge in [-0.15, -0.1) is 12.4 Å². The predicted molar refractivity (Wildman–Crippen MR) is 98.7 cm³/mol. The smallest absolute Gasteiger partial charge is 0.223 e. The molecule has 0 aliphatic heterocycles. The fourth-order valence-corrected chi connectivity index (χ4v) is 4.23. The number of nitrogens with one attached hydrogen (secondary N) is 1. The maximum absolute atomic E-state index is 12.4. The van der Waals surface area contributed by atoms with E-state index in [2.05, 4.69) is 5.32 Å². The molecule has 2 atom stereocenters. The first kappa shape index (κ1) is 19.4. The fourth-order valence-electron chi connectivity index (χ4n) is 4.05. The van der Waals surface area contributed by atoms with Gasteiger partial charge < -0.3 is 15.8 Å². The van der Waals surface area contributed by atoms with Gasteiger partial charge in [-0.1, -0.05) is 24.1 Å². The lowest BCUT2D eigenvalue weighted by atomic mass is 9.65. The Hall–Kier alpha value is -0.970. The van der Waals surface area contributed by atoms with Crippen LogP contribution in [-0.2, 0) is 4.79 Å². The summed E-state index contributed by atoms with van der Waals surface area (Å²) in [5.74, 6) is 2.06. The van der Waals surface area contributed by atoms with Gasteiger partial charge in [-0.25, -0.2) is 0 Å². The summed E-state index contributed by atoms with van der Waals surface area (Å²) in [5, 5.41) is 3.65. The summed E-state index contributed by atoms with van der Waals surface area (Å²) in [5.41, 5.74) is 6.28. The average molecular weight is 373 g/mol. The second-order valence-corrected chi connectivity index (χ2v) is 7.23. The zero-order valence-electron chi connectivity index (χ0n) is 13.7. The molecule has 1 aromatic carbocycles. The number of halogens is 2. The molecule has 0 heterocycles. The van der Waals surface area contributed by atoms with Crippen LogP contribution in [0.3, 0.4) is 0 Å². The molecule has 0 spiro atoms. The van der Waals surface area contributed by atoms with Crippen LogP contribution in [0.5, 0.6) is 5.75 Å². The van der Waals surface area contributed by atoms with Crippen LogP contribution in [0.4, 0.5) is 0 Å². The summed E-state index contributed by atoms with van der Waals surface area (Å²) < 4.78 is 5.60. The number of ether oxygens (including phenoxy) is 1. The van der Waals surface area contributed by atoms with Gasteiger partial charge in [0.1, 0.15) is 12.4 Å². The Morgan fingerprint density at radius 3 is 2.67 bits per heavy atom. The molecule has 0 aromatic heterocycles. The van der Waals surface area contributed by atoms with Crippen LogP contribution in [0.25, 0.3) is 0 Å². The molecule has 2 aliphatic rings. The molecule has 3 rings (SSSR count). The number of nitrogens with two attached hydrogens (primary N) is 1. The minimum atomic E-state index is 0. The second kappa shape index (κ2) is 8.93. The van der Waals surface area contributed by atoms with Crippen molar-refractivity contribution in [2.24, 2.45) is 23.5 Å². The molecule has 2 fully saturated rings. The largest absolute Gasteiger partial charge is 0.492 e. The number of amides is 1. The molecule has 0 saturated heterocycles. The highest BCUT2D eigenvalue weighted by Gasteiger charge is 2.40. The Kier molecular flexibility index (Phi) is 7.20. The van der Waals surface area contributed by atoms with Gasteiger partial charge in [0.25, 0.3) is 0 Å². The van der Waals surface area contributed by atoms with Gasteiger partial charge in [0.15, 0.2) is 0 Å².